The van der Waals surface area contributed by atoms with Gasteiger partial charge in [0.15, 0.2) is 6.73 Å². The van der Waals surface area contributed by atoms with Crippen molar-refractivity contribution < 1.29 is 9.15 Å². The van der Waals surface area contributed by atoms with Gasteiger partial charge in [-0.1, -0.05) is 5.11 Å². The molecule has 6 nitrogen and oxygen atoms in total. The Morgan fingerprint density at radius 1 is 1.38 bits per heavy atom. The van der Waals surface area contributed by atoms with Crippen molar-refractivity contribution in [2.75, 3.05) is 6.73 Å². The van der Waals surface area contributed by atoms with Crippen molar-refractivity contribution in [2.45, 2.75) is 0 Å². The van der Waals surface area contributed by atoms with E-state index in [1.807, 2.05) is 0 Å². The molecule has 0 radical (unpaired) electrons. The summed E-state index contributed by atoms with van der Waals surface area (Å²) in [5, 5.41) is 4.03. The normalized spacial score (nSPS) is 9.75. The van der Waals surface area contributed by atoms with Crippen LogP contribution in [0.2, 0.25) is 0 Å². The van der Waals surface area contributed by atoms with Crippen molar-refractivity contribution in [3.63, 3.8) is 0 Å². The Labute approximate surface area is 89.7 Å². The zero-order valence-electron chi connectivity index (χ0n) is 8.16. The highest BCUT2D eigenvalue weighted by Crippen LogP contribution is 2.19. The average Bonchev–Trinajstić information content (AvgIpc) is 2.29. The predicted octanol–water partition coefficient (Wildman–Crippen LogP) is 2.44. The first-order valence-electron chi connectivity index (χ1n) is 4.47. The quantitative estimate of drug-likeness (QED) is 0.342. The van der Waals surface area contributed by atoms with Crippen molar-refractivity contribution in [1.29, 1.82) is 0 Å². The van der Waals surface area contributed by atoms with Crippen LogP contribution < -0.4 is 10.4 Å². The molecule has 0 unspecified atom stereocenters. The Hall–Kier alpha value is -2.46. The van der Waals surface area contributed by atoms with E-state index in [1.165, 1.54) is 6.07 Å². The molecular formula is C10H7N3O3. The van der Waals surface area contributed by atoms with E-state index in [0.29, 0.717) is 11.3 Å². The van der Waals surface area contributed by atoms with Gasteiger partial charge in [0.25, 0.3) is 0 Å². The molecule has 6 heteroatoms. The summed E-state index contributed by atoms with van der Waals surface area (Å²) in [6, 6.07) is 8.05. The van der Waals surface area contributed by atoms with Crippen molar-refractivity contribution in [1.82, 2.24) is 0 Å². The SMILES string of the molecule is [N-]=[N+]=NCOc1ccc2ccc(=O)oc2c1. The van der Waals surface area contributed by atoms with Gasteiger partial charge in [0, 0.05) is 22.4 Å². The number of nitrogens with zero attached hydrogens (tertiary/aromatic N) is 3. The summed E-state index contributed by atoms with van der Waals surface area (Å²) in [5.74, 6) is 0.481. The topological polar surface area (TPSA) is 88.2 Å². The first kappa shape index (κ1) is 10.1. The maximum absolute atomic E-state index is 11.0. The third-order valence-electron chi connectivity index (χ3n) is 1.95. The van der Waals surface area contributed by atoms with Crippen LogP contribution in [-0.2, 0) is 0 Å². The highest BCUT2D eigenvalue weighted by atomic mass is 16.5. The molecule has 1 aromatic carbocycles. The Morgan fingerprint density at radius 2 is 2.19 bits per heavy atom. The van der Waals surface area contributed by atoms with Crippen molar-refractivity contribution in [2.24, 2.45) is 5.11 Å². The fourth-order valence-corrected chi connectivity index (χ4v) is 1.26. The molecule has 16 heavy (non-hydrogen) atoms. The summed E-state index contributed by atoms with van der Waals surface area (Å²) in [5.41, 5.74) is 8.09. The predicted molar refractivity (Wildman–Crippen MR) is 57.1 cm³/mol. The summed E-state index contributed by atoms with van der Waals surface area (Å²) >= 11 is 0. The number of benzene rings is 1. The van der Waals surface area contributed by atoms with Gasteiger partial charge >= 0.3 is 5.63 Å². The highest BCUT2D eigenvalue weighted by molar-refractivity contribution is 5.77. The highest BCUT2D eigenvalue weighted by Gasteiger charge is 1.99. The minimum atomic E-state index is -0.417. The third kappa shape index (κ3) is 2.13. The van der Waals surface area contributed by atoms with E-state index in [2.05, 4.69) is 10.0 Å². The lowest BCUT2D eigenvalue weighted by Crippen LogP contribution is -1.96. The monoisotopic (exact) mass is 217 g/mol. The zero-order chi connectivity index (χ0) is 11.4. The summed E-state index contributed by atoms with van der Waals surface area (Å²) in [6.07, 6.45) is 0. The fraction of sp³-hybridized carbons (Fsp3) is 0.100. The molecule has 0 aliphatic carbocycles. The Kier molecular flexibility index (Phi) is 2.75. The van der Waals surface area contributed by atoms with Crippen molar-refractivity contribution in [3.8, 4) is 5.75 Å². The second-order valence-electron chi connectivity index (χ2n) is 2.96. The van der Waals surface area contributed by atoms with Crippen LogP contribution in [-0.4, -0.2) is 6.73 Å². The van der Waals surface area contributed by atoms with Crippen LogP contribution in [0.15, 0.2) is 44.7 Å². The molecule has 80 valence electrons. The lowest BCUT2D eigenvalue weighted by molar-refractivity contribution is 0.329. The molecule has 0 spiro atoms. The molecule has 0 fully saturated rings. The van der Waals surface area contributed by atoms with E-state index in [4.69, 9.17) is 14.7 Å². The second-order valence-corrected chi connectivity index (χ2v) is 2.96. The van der Waals surface area contributed by atoms with Crippen LogP contribution in [0.4, 0.5) is 0 Å². The zero-order valence-corrected chi connectivity index (χ0v) is 8.16. The molecule has 2 rings (SSSR count). The molecule has 0 amide bonds. The summed E-state index contributed by atoms with van der Waals surface area (Å²) < 4.78 is 10.1. The van der Waals surface area contributed by atoms with Crippen LogP contribution in [0.25, 0.3) is 21.4 Å². The lowest BCUT2D eigenvalue weighted by atomic mass is 10.2. The van der Waals surface area contributed by atoms with Gasteiger partial charge in [-0.05, 0) is 23.7 Å². The van der Waals surface area contributed by atoms with Crippen molar-refractivity contribution >= 4 is 11.0 Å². The molecule has 1 heterocycles. The Morgan fingerprint density at radius 3 is 3.00 bits per heavy atom. The summed E-state index contributed by atoms with van der Waals surface area (Å²) in [6.45, 7) is -0.0981. The number of hydrogen-bond acceptors (Lipinski definition) is 4. The first-order chi connectivity index (χ1) is 7.79. The van der Waals surface area contributed by atoms with Gasteiger partial charge < -0.3 is 9.15 Å². The molecule has 1 aromatic heterocycles. The minimum absolute atomic E-state index is 0.0981. The maximum Gasteiger partial charge on any atom is 0.336 e. The number of rotatable bonds is 3. The van der Waals surface area contributed by atoms with Gasteiger partial charge in [-0.15, -0.1) is 0 Å². The molecule has 2 aromatic rings. The fourth-order valence-electron chi connectivity index (χ4n) is 1.26. The third-order valence-corrected chi connectivity index (χ3v) is 1.95. The molecule has 0 saturated heterocycles. The maximum atomic E-state index is 11.0. The van der Waals surface area contributed by atoms with Gasteiger partial charge in [-0.3, -0.25) is 0 Å². The molecule has 0 saturated carbocycles. The van der Waals surface area contributed by atoms with Crippen LogP contribution >= 0.6 is 0 Å². The largest absolute Gasteiger partial charge is 0.487 e. The molecule has 0 bridgehead atoms. The standard InChI is InChI=1S/C10H7N3O3/c11-13-12-6-15-8-3-1-7-2-4-10(14)16-9(7)5-8/h1-5H,6H2. The van der Waals surface area contributed by atoms with E-state index >= 15 is 0 Å². The average molecular weight is 217 g/mol. The number of ether oxygens (including phenoxy) is 1. The van der Waals surface area contributed by atoms with Crippen LogP contribution in [0.5, 0.6) is 5.75 Å². The molecule has 0 aliphatic rings. The number of hydrogen-bond donors (Lipinski definition) is 0. The lowest BCUT2D eigenvalue weighted by Gasteiger charge is -2.02. The van der Waals surface area contributed by atoms with Crippen LogP contribution in [0.1, 0.15) is 0 Å². The van der Waals surface area contributed by atoms with Gasteiger partial charge in [-0.2, -0.15) is 0 Å². The number of azide groups is 1. The van der Waals surface area contributed by atoms with E-state index in [0.717, 1.165) is 5.39 Å². The first-order valence-corrected chi connectivity index (χ1v) is 4.47. The van der Waals surface area contributed by atoms with E-state index in [1.54, 1.807) is 24.3 Å². The Bertz CT molecular complexity index is 614. The summed E-state index contributed by atoms with van der Waals surface area (Å²) in [7, 11) is 0. The molecule has 0 atom stereocenters. The Balaban J connectivity index is 2.35. The van der Waals surface area contributed by atoms with E-state index < -0.39 is 5.63 Å². The number of fused-ring (bicyclic) bond motifs is 1. The van der Waals surface area contributed by atoms with Gasteiger partial charge in [0.2, 0.25) is 0 Å². The second kappa shape index (κ2) is 4.37. The smallest absolute Gasteiger partial charge is 0.336 e. The van der Waals surface area contributed by atoms with E-state index in [9.17, 15) is 4.79 Å². The van der Waals surface area contributed by atoms with Gasteiger partial charge in [0.1, 0.15) is 11.3 Å². The van der Waals surface area contributed by atoms with Gasteiger partial charge in [-0.25, -0.2) is 4.79 Å². The van der Waals surface area contributed by atoms with Crippen LogP contribution in [0, 0.1) is 0 Å². The molecule has 0 N–H and O–H groups in total. The summed E-state index contributed by atoms with van der Waals surface area (Å²) in [4.78, 5) is 13.5. The minimum Gasteiger partial charge on any atom is -0.487 e. The van der Waals surface area contributed by atoms with Crippen LogP contribution in [0.3, 0.4) is 0 Å². The molecular weight excluding hydrogens is 210 g/mol. The molecule has 0 aliphatic heterocycles. The van der Waals surface area contributed by atoms with Gasteiger partial charge in [0.05, 0.1) is 0 Å². The van der Waals surface area contributed by atoms with Crippen molar-refractivity contribution in [3.05, 3.63) is 51.2 Å². The van der Waals surface area contributed by atoms with E-state index in [-0.39, 0.29) is 6.73 Å².